The van der Waals surface area contributed by atoms with Crippen molar-refractivity contribution in [1.82, 2.24) is 14.8 Å². The Hall–Kier alpha value is -3.95. The number of benzene rings is 3. The van der Waals surface area contributed by atoms with E-state index < -0.39 is 6.04 Å². The number of nitrogens with one attached hydrogen (secondary N) is 2. The molecule has 1 atom stereocenters. The number of carbonyl (C=O) groups is 1. The Labute approximate surface area is 242 Å². The fraction of sp³-hybridized carbons (Fsp3) is 0.233. The van der Waals surface area contributed by atoms with Gasteiger partial charge in [0.05, 0.1) is 12.7 Å². The highest BCUT2D eigenvalue weighted by molar-refractivity contribution is 7.99. The lowest BCUT2D eigenvalue weighted by molar-refractivity contribution is -0.113. The van der Waals surface area contributed by atoms with Crippen LogP contribution in [0.5, 0.6) is 11.5 Å². The van der Waals surface area contributed by atoms with Crippen LogP contribution in [0.15, 0.2) is 83.2 Å². The molecule has 0 spiro atoms. The van der Waals surface area contributed by atoms with Gasteiger partial charge in [0.15, 0.2) is 11.5 Å². The number of aromatic nitrogens is 3. The lowest BCUT2D eigenvalue weighted by Gasteiger charge is -2.29. The Balaban J connectivity index is 1.51. The third-order valence-corrected chi connectivity index (χ3v) is 7.41. The monoisotopic (exact) mass is 575 g/mol. The molecule has 0 fully saturated rings. The van der Waals surface area contributed by atoms with Crippen molar-refractivity contribution in [3.8, 4) is 11.5 Å². The van der Waals surface area contributed by atoms with E-state index in [2.05, 4.69) is 15.6 Å². The molecule has 2 N–H and O–H groups in total. The largest absolute Gasteiger partial charge is 0.493 e. The lowest BCUT2D eigenvalue weighted by atomic mass is 9.94. The van der Waals surface area contributed by atoms with Gasteiger partial charge in [0.2, 0.25) is 11.1 Å². The van der Waals surface area contributed by atoms with Gasteiger partial charge in [0.1, 0.15) is 12.6 Å². The summed E-state index contributed by atoms with van der Waals surface area (Å²) in [7, 11) is 1.60. The first kappa shape index (κ1) is 27.6. The standard InChI is InChI=1S/C30H30ClN5O3S/c1-5-40-30-34-29-32-19(3)26(28(37)33-23-8-6-7-18(2)15-23)27(36(29)35-30)21-11-14-24(25(16-21)38-4)39-17-20-9-12-22(31)13-10-20/h6-16,27H,5,17H2,1-4H3,(H,33,37)(H,32,34,35). The van der Waals surface area contributed by atoms with Crippen molar-refractivity contribution in [2.24, 2.45) is 0 Å². The van der Waals surface area contributed by atoms with Crippen LogP contribution in [-0.2, 0) is 11.4 Å². The average molecular weight is 576 g/mol. The van der Waals surface area contributed by atoms with Crippen LogP contribution < -0.4 is 20.1 Å². The van der Waals surface area contributed by atoms with E-state index in [0.29, 0.717) is 45.5 Å². The zero-order valence-corrected chi connectivity index (χ0v) is 24.3. The van der Waals surface area contributed by atoms with Gasteiger partial charge in [-0.25, -0.2) is 4.68 Å². The minimum Gasteiger partial charge on any atom is -0.493 e. The molecule has 0 saturated heterocycles. The molecule has 1 aliphatic rings. The molecular formula is C30H30ClN5O3S. The minimum absolute atomic E-state index is 0.228. The van der Waals surface area contributed by atoms with Gasteiger partial charge in [0.25, 0.3) is 5.91 Å². The quantitative estimate of drug-likeness (QED) is 0.210. The fourth-order valence-corrected chi connectivity index (χ4v) is 5.24. The molecule has 10 heteroatoms. The van der Waals surface area contributed by atoms with Crippen molar-refractivity contribution in [2.45, 2.75) is 38.6 Å². The summed E-state index contributed by atoms with van der Waals surface area (Å²) in [5.41, 5.74) is 4.80. The van der Waals surface area contributed by atoms with Gasteiger partial charge in [-0.3, -0.25) is 4.79 Å². The second kappa shape index (κ2) is 12.1. The summed E-state index contributed by atoms with van der Waals surface area (Å²) < 4.78 is 13.6. The Bertz CT molecular complexity index is 1570. The SMILES string of the molecule is CCSc1nc2n(n1)C(c1ccc(OCc3ccc(Cl)cc3)c(OC)c1)C(C(=O)Nc1cccc(C)c1)=C(C)N2. The fourth-order valence-electron chi connectivity index (χ4n) is 4.56. The molecule has 0 saturated carbocycles. The summed E-state index contributed by atoms with van der Waals surface area (Å²) in [5, 5.41) is 12.4. The Kier molecular flexibility index (Phi) is 8.32. The zero-order valence-electron chi connectivity index (χ0n) is 22.7. The van der Waals surface area contributed by atoms with Crippen molar-refractivity contribution in [1.29, 1.82) is 0 Å². The van der Waals surface area contributed by atoms with Crippen LogP contribution >= 0.6 is 23.4 Å². The number of hydrogen-bond donors (Lipinski definition) is 2. The Morgan fingerprint density at radius 2 is 1.90 bits per heavy atom. The molecule has 206 valence electrons. The number of halogens is 1. The van der Waals surface area contributed by atoms with Crippen LogP contribution in [0.1, 0.15) is 36.6 Å². The number of aryl methyl sites for hydroxylation is 1. The summed E-state index contributed by atoms with van der Waals surface area (Å²) in [5.74, 6) is 2.31. The first-order chi connectivity index (χ1) is 19.4. The zero-order chi connectivity index (χ0) is 28.2. The summed E-state index contributed by atoms with van der Waals surface area (Å²) in [6.45, 7) is 6.27. The molecule has 0 radical (unpaired) electrons. The molecule has 40 heavy (non-hydrogen) atoms. The van der Waals surface area contributed by atoms with Crippen molar-refractivity contribution in [3.63, 3.8) is 0 Å². The molecule has 1 aromatic heterocycles. The predicted octanol–water partition coefficient (Wildman–Crippen LogP) is 6.87. The number of ether oxygens (including phenoxy) is 2. The number of methoxy groups -OCH3 is 1. The normalized spacial score (nSPS) is 14.4. The summed E-state index contributed by atoms with van der Waals surface area (Å²) in [4.78, 5) is 18.4. The molecule has 3 aromatic carbocycles. The highest BCUT2D eigenvalue weighted by Gasteiger charge is 2.35. The maximum atomic E-state index is 13.8. The van der Waals surface area contributed by atoms with E-state index in [4.69, 9.17) is 26.2 Å². The van der Waals surface area contributed by atoms with Crippen molar-refractivity contribution in [2.75, 3.05) is 23.5 Å². The third-order valence-electron chi connectivity index (χ3n) is 6.44. The van der Waals surface area contributed by atoms with Crippen LogP contribution in [-0.4, -0.2) is 33.5 Å². The minimum atomic E-state index is -0.543. The number of hydrogen-bond acceptors (Lipinski definition) is 7. The third kappa shape index (κ3) is 5.95. The van der Waals surface area contributed by atoms with E-state index in [9.17, 15) is 4.79 Å². The van der Waals surface area contributed by atoms with Gasteiger partial charge in [-0.2, -0.15) is 4.98 Å². The van der Waals surface area contributed by atoms with Crippen molar-refractivity contribution in [3.05, 3.63) is 99.7 Å². The number of thioether (sulfide) groups is 1. The number of nitrogens with zero attached hydrogens (tertiary/aromatic N) is 3. The first-order valence-corrected chi connectivity index (χ1v) is 14.2. The second-order valence-electron chi connectivity index (χ2n) is 9.31. The molecule has 1 amide bonds. The maximum Gasteiger partial charge on any atom is 0.255 e. The van der Waals surface area contributed by atoms with Gasteiger partial charge in [0, 0.05) is 16.4 Å². The first-order valence-electron chi connectivity index (χ1n) is 12.9. The van der Waals surface area contributed by atoms with Crippen LogP contribution in [0.3, 0.4) is 0 Å². The highest BCUT2D eigenvalue weighted by Crippen LogP contribution is 2.40. The molecule has 1 aliphatic heterocycles. The Morgan fingerprint density at radius 1 is 1.10 bits per heavy atom. The number of allylic oxidation sites excluding steroid dienone is 1. The van der Waals surface area contributed by atoms with Gasteiger partial charge in [-0.1, -0.05) is 60.6 Å². The van der Waals surface area contributed by atoms with E-state index in [1.807, 2.05) is 87.5 Å². The van der Waals surface area contributed by atoms with Gasteiger partial charge >= 0.3 is 0 Å². The lowest BCUT2D eigenvalue weighted by Crippen LogP contribution is -2.31. The molecule has 5 rings (SSSR count). The predicted molar refractivity (Wildman–Crippen MR) is 159 cm³/mol. The van der Waals surface area contributed by atoms with Crippen molar-refractivity contribution >= 4 is 40.9 Å². The topological polar surface area (TPSA) is 90.3 Å². The summed E-state index contributed by atoms with van der Waals surface area (Å²) in [6.07, 6.45) is 0. The number of carbonyl (C=O) groups excluding carboxylic acids is 1. The van der Waals surface area contributed by atoms with E-state index >= 15 is 0 Å². The second-order valence-corrected chi connectivity index (χ2v) is 11.0. The van der Waals surface area contributed by atoms with Gasteiger partial charge in [-0.15, -0.1) is 5.10 Å². The molecular weight excluding hydrogens is 546 g/mol. The van der Waals surface area contributed by atoms with E-state index in [1.54, 1.807) is 23.6 Å². The van der Waals surface area contributed by atoms with Gasteiger partial charge < -0.3 is 20.1 Å². The molecule has 8 nitrogen and oxygen atoms in total. The van der Waals surface area contributed by atoms with Gasteiger partial charge in [-0.05, 0) is 72.7 Å². The molecule has 0 aliphatic carbocycles. The molecule has 2 heterocycles. The number of rotatable bonds is 9. The van der Waals surface area contributed by atoms with E-state index in [-0.39, 0.29) is 5.91 Å². The van der Waals surface area contributed by atoms with E-state index in [1.165, 1.54) is 0 Å². The number of anilines is 2. The maximum absolute atomic E-state index is 13.8. The van der Waals surface area contributed by atoms with Crippen molar-refractivity contribution < 1.29 is 14.3 Å². The molecule has 1 unspecified atom stereocenters. The molecule has 4 aromatic rings. The van der Waals surface area contributed by atoms with Crippen LogP contribution in [0.25, 0.3) is 0 Å². The summed E-state index contributed by atoms with van der Waals surface area (Å²) in [6, 6.07) is 20.3. The van der Waals surface area contributed by atoms with Crippen LogP contribution in [0, 0.1) is 6.92 Å². The smallest absolute Gasteiger partial charge is 0.255 e. The van der Waals surface area contributed by atoms with Crippen LogP contribution in [0.2, 0.25) is 5.02 Å². The summed E-state index contributed by atoms with van der Waals surface area (Å²) >= 11 is 7.55. The van der Waals surface area contributed by atoms with E-state index in [0.717, 1.165) is 28.1 Å². The Morgan fingerprint density at radius 3 is 2.62 bits per heavy atom. The van der Waals surface area contributed by atoms with Crippen LogP contribution in [0.4, 0.5) is 11.6 Å². The molecule has 0 bridgehead atoms. The average Bonchev–Trinajstić information content (AvgIpc) is 3.34. The number of amides is 1. The number of fused-ring (bicyclic) bond motifs is 1. The highest BCUT2D eigenvalue weighted by atomic mass is 35.5.